The lowest BCUT2D eigenvalue weighted by atomic mass is 10.0. The minimum Gasteiger partial charge on any atom is -0.480 e. The van der Waals surface area contributed by atoms with Crippen molar-refractivity contribution in [3.05, 3.63) is 0 Å². The lowest BCUT2D eigenvalue weighted by Crippen LogP contribution is -2.59. The molecule has 1 aliphatic heterocycles. The molecule has 1 rings (SSSR count). The molecule has 5 unspecified atom stereocenters. The summed E-state index contributed by atoms with van der Waals surface area (Å²) in [5, 5.41) is 29.0. The highest BCUT2D eigenvalue weighted by Gasteiger charge is 2.33. The van der Waals surface area contributed by atoms with Crippen molar-refractivity contribution in [3.8, 4) is 0 Å². The zero-order chi connectivity index (χ0) is 23.7. The van der Waals surface area contributed by atoms with Gasteiger partial charge in [0.05, 0.1) is 12.1 Å². The Morgan fingerprint density at radius 1 is 1.03 bits per heavy atom. The Bertz CT molecular complexity index is 677. The average Bonchev–Trinajstić information content (AvgIpc) is 3.20. The van der Waals surface area contributed by atoms with Crippen LogP contribution in [0.15, 0.2) is 0 Å². The molecule has 0 saturated carbocycles. The summed E-state index contributed by atoms with van der Waals surface area (Å²) in [5.41, 5.74) is 5.16. The van der Waals surface area contributed by atoms with Gasteiger partial charge >= 0.3 is 5.97 Å². The van der Waals surface area contributed by atoms with Gasteiger partial charge in [-0.2, -0.15) is 0 Å². The molecular weight excluding hydrogens is 410 g/mol. The fourth-order valence-corrected chi connectivity index (χ4v) is 3.16. The maximum atomic E-state index is 12.8. The first-order valence-electron chi connectivity index (χ1n) is 10.3. The van der Waals surface area contributed by atoms with Crippen LogP contribution in [0.25, 0.3) is 0 Å². The zero-order valence-electron chi connectivity index (χ0n) is 18.0. The third kappa shape index (κ3) is 8.50. The second kappa shape index (κ2) is 12.2. The minimum atomic E-state index is -1.55. The number of nitrogens with one attached hydrogen (secondary N) is 4. The highest BCUT2D eigenvalue weighted by atomic mass is 16.4. The van der Waals surface area contributed by atoms with Crippen LogP contribution in [0.5, 0.6) is 0 Å². The molecule has 0 aromatic carbocycles. The zero-order valence-corrected chi connectivity index (χ0v) is 18.0. The number of nitrogens with two attached hydrogens (primary N) is 1. The van der Waals surface area contributed by atoms with E-state index < -0.39 is 65.8 Å². The Morgan fingerprint density at radius 3 is 2.10 bits per heavy atom. The largest absolute Gasteiger partial charge is 0.480 e. The Hall–Kier alpha value is -2.73. The predicted octanol–water partition coefficient (Wildman–Crippen LogP) is -2.42. The van der Waals surface area contributed by atoms with Crippen molar-refractivity contribution in [2.75, 3.05) is 6.54 Å². The summed E-state index contributed by atoms with van der Waals surface area (Å²) in [6.45, 7) is 5.18. The SMILES string of the molecule is CC(C)C(NC(=O)C(CCC(N)=O)NC(=O)C1CCCN1)C(=O)NC(C(=O)O)C(C)O. The molecule has 1 saturated heterocycles. The molecule has 0 aromatic heterocycles. The van der Waals surface area contributed by atoms with Gasteiger partial charge < -0.3 is 37.2 Å². The monoisotopic (exact) mass is 443 g/mol. The van der Waals surface area contributed by atoms with Crippen LogP contribution in [0.1, 0.15) is 46.5 Å². The Morgan fingerprint density at radius 2 is 1.65 bits per heavy atom. The molecule has 31 heavy (non-hydrogen) atoms. The molecule has 5 atom stereocenters. The standard InChI is InChI=1S/C19H33N5O7/c1-9(2)14(18(29)24-15(10(3)25)19(30)31)23-17(28)12(6-7-13(20)26)22-16(27)11-5-4-8-21-11/h9-12,14-15,21,25H,4-8H2,1-3H3,(H2,20,26)(H,22,27)(H,23,28)(H,24,29)(H,30,31). The average molecular weight is 444 g/mol. The molecule has 1 fully saturated rings. The van der Waals surface area contributed by atoms with E-state index in [1.165, 1.54) is 6.92 Å². The van der Waals surface area contributed by atoms with Gasteiger partial charge in [-0.3, -0.25) is 19.2 Å². The van der Waals surface area contributed by atoms with Gasteiger partial charge in [-0.25, -0.2) is 4.79 Å². The molecule has 1 aliphatic rings. The Labute approximate surface area is 180 Å². The summed E-state index contributed by atoms with van der Waals surface area (Å²) in [6.07, 6.45) is -0.134. The summed E-state index contributed by atoms with van der Waals surface area (Å²) < 4.78 is 0. The fourth-order valence-electron chi connectivity index (χ4n) is 3.16. The normalized spacial score (nSPS) is 19.7. The number of amides is 4. The lowest BCUT2D eigenvalue weighted by Gasteiger charge is -2.27. The maximum Gasteiger partial charge on any atom is 0.328 e. The molecule has 12 heteroatoms. The molecule has 0 aliphatic carbocycles. The second-order valence-corrected chi connectivity index (χ2v) is 8.01. The molecule has 8 N–H and O–H groups in total. The second-order valence-electron chi connectivity index (χ2n) is 8.01. The van der Waals surface area contributed by atoms with Crippen LogP contribution in [-0.2, 0) is 24.0 Å². The van der Waals surface area contributed by atoms with Gasteiger partial charge in [0, 0.05) is 6.42 Å². The highest BCUT2D eigenvalue weighted by molar-refractivity contribution is 5.94. The van der Waals surface area contributed by atoms with E-state index in [1.54, 1.807) is 13.8 Å². The van der Waals surface area contributed by atoms with E-state index in [9.17, 15) is 29.1 Å². The van der Waals surface area contributed by atoms with Crippen molar-refractivity contribution < 1.29 is 34.2 Å². The number of primary amides is 1. The minimum absolute atomic E-state index is 0.0580. The third-order valence-corrected chi connectivity index (χ3v) is 4.98. The first kappa shape index (κ1) is 26.3. The van der Waals surface area contributed by atoms with Gasteiger partial charge in [0.1, 0.15) is 12.1 Å². The van der Waals surface area contributed by atoms with Crippen molar-refractivity contribution in [1.82, 2.24) is 21.3 Å². The van der Waals surface area contributed by atoms with Gasteiger partial charge in [-0.1, -0.05) is 13.8 Å². The van der Waals surface area contributed by atoms with Gasteiger partial charge in [-0.05, 0) is 38.6 Å². The number of carbonyl (C=O) groups excluding carboxylic acids is 4. The molecule has 1 heterocycles. The van der Waals surface area contributed by atoms with Gasteiger partial charge in [0.15, 0.2) is 6.04 Å². The fraction of sp³-hybridized carbons (Fsp3) is 0.737. The van der Waals surface area contributed by atoms with Crippen LogP contribution < -0.4 is 27.0 Å². The number of carboxylic acids is 1. The summed E-state index contributed by atoms with van der Waals surface area (Å²) in [5.74, 6) is -4.40. The van der Waals surface area contributed by atoms with Crippen LogP contribution in [0.3, 0.4) is 0 Å². The van der Waals surface area contributed by atoms with E-state index in [1.807, 2.05) is 0 Å². The van der Waals surface area contributed by atoms with Crippen LogP contribution in [0.4, 0.5) is 0 Å². The first-order valence-corrected chi connectivity index (χ1v) is 10.3. The van der Waals surface area contributed by atoms with Crippen molar-refractivity contribution in [2.45, 2.75) is 76.7 Å². The topological polar surface area (TPSA) is 200 Å². The number of aliphatic hydroxyl groups excluding tert-OH is 1. The highest BCUT2D eigenvalue weighted by Crippen LogP contribution is 2.09. The molecule has 0 radical (unpaired) electrons. The number of hydrogen-bond acceptors (Lipinski definition) is 7. The summed E-state index contributed by atoms with van der Waals surface area (Å²) in [4.78, 5) is 60.2. The van der Waals surface area contributed by atoms with Crippen LogP contribution in [-0.4, -0.2) is 76.6 Å². The van der Waals surface area contributed by atoms with Crippen LogP contribution in [0.2, 0.25) is 0 Å². The van der Waals surface area contributed by atoms with Crippen molar-refractivity contribution >= 4 is 29.6 Å². The Balaban J connectivity index is 2.90. The number of rotatable bonds is 12. The number of aliphatic carboxylic acids is 1. The van der Waals surface area contributed by atoms with E-state index >= 15 is 0 Å². The number of carbonyl (C=O) groups is 5. The lowest BCUT2D eigenvalue weighted by molar-refractivity contribution is -0.145. The van der Waals surface area contributed by atoms with Gasteiger partial charge in [0.25, 0.3) is 0 Å². The molecule has 0 aromatic rings. The molecular formula is C19H33N5O7. The Kier molecular flexibility index (Phi) is 10.4. The molecule has 4 amide bonds. The molecule has 176 valence electrons. The van der Waals surface area contributed by atoms with E-state index in [0.29, 0.717) is 13.0 Å². The van der Waals surface area contributed by atoms with Gasteiger partial charge in [-0.15, -0.1) is 0 Å². The summed E-state index contributed by atoms with van der Waals surface area (Å²) in [7, 11) is 0. The molecule has 0 spiro atoms. The summed E-state index contributed by atoms with van der Waals surface area (Å²) in [6, 6.07) is -4.24. The first-order chi connectivity index (χ1) is 14.4. The molecule has 12 nitrogen and oxygen atoms in total. The van der Waals surface area contributed by atoms with Gasteiger partial charge in [0.2, 0.25) is 23.6 Å². The van der Waals surface area contributed by atoms with E-state index in [4.69, 9.17) is 10.8 Å². The van der Waals surface area contributed by atoms with Crippen molar-refractivity contribution in [3.63, 3.8) is 0 Å². The van der Waals surface area contributed by atoms with Crippen molar-refractivity contribution in [2.24, 2.45) is 11.7 Å². The smallest absolute Gasteiger partial charge is 0.328 e. The van der Waals surface area contributed by atoms with E-state index in [0.717, 1.165) is 6.42 Å². The quantitative estimate of drug-likeness (QED) is 0.173. The van der Waals surface area contributed by atoms with E-state index in [2.05, 4.69) is 21.3 Å². The van der Waals surface area contributed by atoms with Crippen LogP contribution in [0, 0.1) is 5.92 Å². The molecule has 0 bridgehead atoms. The predicted molar refractivity (Wildman–Crippen MR) is 109 cm³/mol. The van der Waals surface area contributed by atoms with Crippen LogP contribution >= 0.6 is 0 Å². The number of aliphatic hydroxyl groups is 1. The van der Waals surface area contributed by atoms with Crippen molar-refractivity contribution in [1.29, 1.82) is 0 Å². The maximum absolute atomic E-state index is 12.8. The number of carboxylic acid groups (broad SMARTS) is 1. The summed E-state index contributed by atoms with van der Waals surface area (Å²) >= 11 is 0. The van der Waals surface area contributed by atoms with E-state index in [-0.39, 0.29) is 12.8 Å². The third-order valence-electron chi connectivity index (χ3n) is 4.98. The number of hydrogen-bond donors (Lipinski definition) is 7.